The summed E-state index contributed by atoms with van der Waals surface area (Å²) in [5.41, 5.74) is 8.21. The quantitative estimate of drug-likeness (QED) is 0.136. The van der Waals surface area contributed by atoms with Crippen LogP contribution in [0.5, 0.6) is 0 Å². The van der Waals surface area contributed by atoms with Gasteiger partial charge in [0, 0.05) is 0 Å². The van der Waals surface area contributed by atoms with Crippen LogP contribution in [-0.2, 0) is 0 Å². The summed E-state index contributed by atoms with van der Waals surface area (Å²) < 4.78 is 7.68. The Morgan fingerprint density at radius 1 is 0.359 bits per heavy atom. The first kappa shape index (κ1) is 38.7. The second-order valence-electron chi connectivity index (χ2n) is 15.9. The fraction of sp³-hybridized carbons (Fsp3) is 0. The molecule has 0 saturated heterocycles. The van der Waals surface area contributed by atoms with Gasteiger partial charge in [-0.1, -0.05) is 12.1 Å². The number of hydrogen-bond acceptors (Lipinski definition) is 4. The van der Waals surface area contributed by atoms with Gasteiger partial charge in [0.25, 0.3) is 0 Å². The maximum atomic E-state index is 10.1. The van der Waals surface area contributed by atoms with Crippen LogP contribution in [0.2, 0.25) is 0 Å². The van der Waals surface area contributed by atoms with E-state index in [4.69, 9.17) is 15.0 Å². The molecule has 0 N–H and O–H groups in total. The van der Waals surface area contributed by atoms with Crippen molar-refractivity contribution >= 4 is 52.7 Å². The van der Waals surface area contributed by atoms with Gasteiger partial charge >= 0.3 is 359 Å². The van der Waals surface area contributed by atoms with Gasteiger partial charge in [0.05, 0.1) is 0 Å². The van der Waals surface area contributed by atoms with Gasteiger partial charge in [-0.2, -0.15) is 5.26 Å². The van der Waals surface area contributed by atoms with Crippen LogP contribution >= 0.6 is 0 Å². The van der Waals surface area contributed by atoms with Crippen molar-refractivity contribution in [1.29, 1.82) is 5.26 Å². The molecular formula is C58H39GeN5. The number of hydrogen-bond donors (Lipinski definition) is 0. The number of aromatic nitrogens is 4. The van der Waals surface area contributed by atoms with Crippen molar-refractivity contribution in [2.75, 3.05) is 0 Å². The topological polar surface area (TPSA) is 67.4 Å². The first-order valence-corrected chi connectivity index (χ1v) is 25.6. The van der Waals surface area contributed by atoms with Crippen LogP contribution < -0.4 is 17.6 Å². The molecule has 0 amide bonds. The monoisotopic (exact) mass is 879 g/mol. The normalized spacial score (nSPS) is 11.4. The van der Waals surface area contributed by atoms with Crippen LogP contribution in [0.3, 0.4) is 0 Å². The van der Waals surface area contributed by atoms with Crippen molar-refractivity contribution in [3.63, 3.8) is 0 Å². The Labute approximate surface area is 374 Å². The molecule has 5 nitrogen and oxygen atoms in total. The molecule has 0 fully saturated rings. The molecule has 300 valence electrons. The van der Waals surface area contributed by atoms with Crippen LogP contribution in [0.15, 0.2) is 237 Å². The van der Waals surface area contributed by atoms with Crippen LogP contribution in [0.1, 0.15) is 5.56 Å². The molecule has 11 aromatic rings. The van der Waals surface area contributed by atoms with E-state index in [1.54, 1.807) is 0 Å². The molecule has 0 saturated carbocycles. The van der Waals surface area contributed by atoms with Gasteiger partial charge in [0.2, 0.25) is 0 Å². The van der Waals surface area contributed by atoms with E-state index >= 15 is 0 Å². The second-order valence-corrected chi connectivity index (χ2v) is 23.9. The maximum absolute atomic E-state index is 10.1. The Hall–Kier alpha value is -8.18. The summed E-state index contributed by atoms with van der Waals surface area (Å²) >= 11 is -3.59. The summed E-state index contributed by atoms with van der Waals surface area (Å²) in [6, 6.07) is 86.0. The first-order chi connectivity index (χ1) is 31.7. The Balaban J connectivity index is 1.20. The Morgan fingerprint density at radius 2 is 0.828 bits per heavy atom. The molecule has 0 aliphatic rings. The molecule has 0 radical (unpaired) electrons. The Bertz CT molecular complexity index is 3340. The number of nitrogens with zero attached hydrogens (tertiary/aromatic N) is 5. The molecule has 0 atom stereocenters. The summed E-state index contributed by atoms with van der Waals surface area (Å²) in [5, 5.41) is 12.3. The van der Waals surface area contributed by atoms with E-state index in [1.807, 2.05) is 72.8 Å². The summed E-state index contributed by atoms with van der Waals surface area (Å²) in [6.07, 6.45) is 0. The van der Waals surface area contributed by atoms with E-state index in [0.717, 1.165) is 55.3 Å². The summed E-state index contributed by atoms with van der Waals surface area (Å²) in [6.45, 7) is 0. The molecule has 6 heteroatoms. The third-order valence-electron chi connectivity index (χ3n) is 12.2. The zero-order valence-corrected chi connectivity index (χ0v) is 36.9. The number of nitriles is 1. The minimum absolute atomic E-state index is 0.549. The van der Waals surface area contributed by atoms with Crippen LogP contribution in [0, 0.1) is 11.3 Å². The predicted octanol–water partition coefficient (Wildman–Crippen LogP) is 10.9. The fourth-order valence-electron chi connectivity index (χ4n) is 9.31. The molecule has 64 heavy (non-hydrogen) atoms. The third-order valence-corrected chi connectivity index (χ3v) is 22.2. The van der Waals surface area contributed by atoms with Crippen molar-refractivity contribution in [2.24, 2.45) is 0 Å². The molecule has 0 unspecified atom stereocenters. The summed E-state index contributed by atoms with van der Waals surface area (Å²) in [4.78, 5) is 15.7. The summed E-state index contributed by atoms with van der Waals surface area (Å²) in [5.74, 6) is 1.72. The average Bonchev–Trinajstić information content (AvgIpc) is 3.71. The summed E-state index contributed by atoms with van der Waals surface area (Å²) in [7, 11) is 0. The van der Waals surface area contributed by atoms with E-state index in [0.29, 0.717) is 23.0 Å². The van der Waals surface area contributed by atoms with E-state index < -0.39 is 13.3 Å². The number of para-hydroxylation sites is 1. The van der Waals surface area contributed by atoms with Crippen LogP contribution in [0.4, 0.5) is 0 Å². The molecule has 0 aliphatic carbocycles. The number of benzene rings is 9. The van der Waals surface area contributed by atoms with Gasteiger partial charge in [-0.3, -0.25) is 0 Å². The van der Waals surface area contributed by atoms with E-state index in [2.05, 4.69) is 174 Å². The molecule has 2 aromatic heterocycles. The number of fused-ring (bicyclic) bond motifs is 3. The molecule has 0 bridgehead atoms. The standard InChI is InChI=1S/C58H39GeN5/c60-40-41-33-35-51-50-31-16-17-32-53(50)64(55(51)37-41)54-36-34-45(39-52(54)58-62-56(42-19-6-1-7-20-42)61-57(63-58)43-21-8-2-9-22-43)44-23-18-30-49(38-44)59(46-24-10-3-11-25-46,47-26-12-4-13-27-47)48-28-14-5-15-29-48/h1-39H. The van der Waals surface area contributed by atoms with E-state index in [9.17, 15) is 5.26 Å². The first-order valence-electron chi connectivity index (χ1n) is 21.4. The van der Waals surface area contributed by atoms with Gasteiger partial charge in [-0.15, -0.1) is 0 Å². The van der Waals surface area contributed by atoms with Crippen molar-refractivity contribution in [1.82, 2.24) is 19.5 Å². The zero-order valence-electron chi connectivity index (χ0n) is 34.8. The molecule has 9 aromatic carbocycles. The van der Waals surface area contributed by atoms with Crippen molar-refractivity contribution in [2.45, 2.75) is 0 Å². The Kier molecular flexibility index (Phi) is 10.0. The van der Waals surface area contributed by atoms with Gasteiger partial charge in [0.15, 0.2) is 0 Å². The molecule has 2 heterocycles. The van der Waals surface area contributed by atoms with Gasteiger partial charge in [-0.05, 0) is 0 Å². The Morgan fingerprint density at radius 3 is 1.41 bits per heavy atom. The molecular weight excluding hydrogens is 839 g/mol. The van der Waals surface area contributed by atoms with Gasteiger partial charge in [-0.25, -0.2) is 0 Å². The third kappa shape index (κ3) is 6.78. The van der Waals surface area contributed by atoms with E-state index in [1.165, 1.54) is 17.6 Å². The second kappa shape index (κ2) is 16.6. The van der Waals surface area contributed by atoms with Crippen LogP contribution in [0.25, 0.3) is 72.8 Å². The zero-order chi connectivity index (χ0) is 42.9. The SMILES string of the molecule is N#Cc1ccc2c3ccccc3n(-c3ccc(-c4ccc[c]([Ge]([c]5ccccc5)([c]5ccccc5)[c]5ccccc5)c4)cc3-c3nc(-c4ccccc4)nc(-c4ccccc4)n3)c2c1. The number of rotatable bonds is 9. The van der Waals surface area contributed by atoms with Gasteiger partial charge in [0.1, 0.15) is 0 Å². The van der Waals surface area contributed by atoms with Crippen molar-refractivity contribution in [3.05, 3.63) is 242 Å². The minimum atomic E-state index is -3.59. The van der Waals surface area contributed by atoms with Crippen molar-refractivity contribution < 1.29 is 0 Å². The molecule has 0 aliphatic heterocycles. The van der Waals surface area contributed by atoms with Crippen LogP contribution in [-0.4, -0.2) is 32.8 Å². The van der Waals surface area contributed by atoms with Crippen molar-refractivity contribution in [3.8, 4) is 57.0 Å². The molecule has 11 rings (SSSR count). The fourth-order valence-corrected chi connectivity index (χ4v) is 19.4. The average molecular weight is 879 g/mol. The van der Waals surface area contributed by atoms with Gasteiger partial charge < -0.3 is 0 Å². The predicted molar refractivity (Wildman–Crippen MR) is 264 cm³/mol. The molecule has 0 spiro atoms. The van der Waals surface area contributed by atoms with E-state index in [-0.39, 0.29) is 0 Å².